The molecule has 2 heterocycles. The van der Waals surface area contributed by atoms with Crippen molar-refractivity contribution in [2.45, 2.75) is 25.7 Å². The number of piperidine rings is 1. The van der Waals surface area contributed by atoms with Gasteiger partial charge in [-0.05, 0) is 19.8 Å². The lowest BCUT2D eigenvalue weighted by atomic mass is 9.99. The molecule has 1 fully saturated rings. The highest BCUT2D eigenvalue weighted by Crippen LogP contribution is 2.27. The van der Waals surface area contributed by atoms with Crippen molar-refractivity contribution in [2.75, 3.05) is 26.7 Å². The third kappa shape index (κ3) is 3.48. The number of nitriles is 1. The van der Waals surface area contributed by atoms with Gasteiger partial charge in [-0.2, -0.15) is 22.3 Å². The third-order valence-corrected chi connectivity index (χ3v) is 6.00. The van der Waals surface area contributed by atoms with Crippen LogP contribution in [0.25, 0.3) is 0 Å². The van der Waals surface area contributed by atoms with E-state index in [-0.39, 0.29) is 18.4 Å². The highest BCUT2D eigenvalue weighted by molar-refractivity contribution is 7.86. The molecule has 7 nitrogen and oxygen atoms in total. The van der Waals surface area contributed by atoms with Crippen molar-refractivity contribution in [3.63, 3.8) is 0 Å². The Labute approximate surface area is 132 Å². The van der Waals surface area contributed by atoms with E-state index in [0.717, 1.165) is 18.7 Å². The van der Waals surface area contributed by atoms with Crippen molar-refractivity contribution in [3.05, 3.63) is 18.2 Å². The molecule has 1 aromatic heterocycles. The SMILES string of the molecule is C[C@H](C#N)CN(C)S(=O)(=O)N1CCC[C@@H](c2nccn2C)C1. The molecule has 122 valence electrons. The molecule has 0 radical (unpaired) electrons. The standard InChI is InChI=1S/C14H23N5O2S/c1-12(9-15)10-18(3)22(20,21)19-7-4-5-13(11-19)14-16-6-8-17(14)2/h6,8,12-13H,4-5,7,10-11H2,1-3H3/t12-,13-/m1/s1. The zero-order chi connectivity index (χ0) is 16.3. The summed E-state index contributed by atoms with van der Waals surface area (Å²) in [5.41, 5.74) is 0. The molecule has 1 aliphatic heterocycles. The van der Waals surface area contributed by atoms with E-state index >= 15 is 0 Å². The third-order valence-electron chi connectivity index (χ3n) is 4.08. The predicted octanol–water partition coefficient (Wildman–Crippen LogP) is 0.936. The summed E-state index contributed by atoms with van der Waals surface area (Å²) >= 11 is 0. The Bertz CT molecular complexity index is 648. The first-order valence-electron chi connectivity index (χ1n) is 7.44. The zero-order valence-electron chi connectivity index (χ0n) is 13.3. The van der Waals surface area contributed by atoms with Crippen LogP contribution in [0.4, 0.5) is 0 Å². The summed E-state index contributed by atoms with van der Waals surface area (Å²) in [6, 6.07) is 2.07. The first kappa shape index (κ1) is 16.9. The van der Waals surface area contributed by atoms with E-state index in [1.165, 1.54) is 15.7 Å². The van der Waals surface area contributed by atoms with Crippen LogP contribution < -0.4 is 0 Å². The van der Waals surface area contributed by atoms with E-state index in [2.05, 4.69) is 11.1 Å². The first-order chi connectivity index (χ1) is 10.4. The maximum absolute atomic E-state index is 12.7. The fraction of sp³-hybridized carbons (Fsp3) is 0.714. The average Bonchev–Trinajstić information content (AvgIpc) is 2.93. The van der Waals surface area contributed by atoms with Crippen LogP contribution in [0.1, 0.15) is 31.5 Å². The number of hydrogen-bond donors (Lipinski definition) is 0. The van der Waals surface area contributed by atoms with Crippen LogP contribution in [0.5, 0.6) is 0 Å². The molecule has 0 amide bonds. The number of imidazole rings is 1. The van der Waals surface area contributed by atoms with Crippen LogP contribution in [0.2, 0.25) is 0 Å². The second-order valence-electron chi connectivity index (χ2n) is 5.91. The zero-order valence-corrected chi connectivity index (χ0v) is 14.1. The van der Waals surface area contributed by atoms with E-state index in [1.54, 1.807) is 13.1 Å². The number of aromatic nitrogens is 2. The molecule has 0 aliphatic carbocycles. The normalized spacial score (nSPS) is 21.7. The van der Waals surface area contributed by atoms with Gasteiger partial charge in [0.05, 0.1) is 12.0 Å². The van der Waals surface area contributed by atoms with Crippen LogP contribution in [0, 0.1) is 17.2 Å². The van der Waals surface area contributed by atoms with Gasteiger partial charge in [0.2, 0.25) is 0 Å². The van der Waals surface area contributed by atoms with Crippen LogP contribution in [0.15, 0.2) is 12.4 Å². The number of nitrogens with zero attached hydrogens (tertiary/aromatic N) is 5. The minimum absolute atomic E-state index is 0.116. The Morgan fingerprint density at radius 3 is 2.91 bits per heavy atom. The second kappa shape index (κ2) is 6.77. The largest absolute Gasteiger partial charge is 0.338 e. The van der Waals surface area contributed by atoms with Gasteiger partial charge in [-0.1, -0.05) is 0 Å². The lowest BCUT2D eigenvalue weighted by Crippen LogP contribution is -2.47. The Morgan fingerprint density at radius 1 is 1.59 bits per heavy atom. The molecule has 0 saturated carbocycles. The monoisotopic (exact) mass is 325 g/mol. The minimum Gasteiger partial charge on any atom is -0.338 e. The quantitative estimate of drug-likeness (QED) is 0.806. The summed E-state index contributed by atoms with van der Waals surface area (Å²) in [6.45, 7) is 2.90. The fourth-order valence-corrected chi connectivity index (χ4v) is 4.39. The highest BCUT2D eigenvalue weighted by Gasteiger charge is 2.34. The fourth-order valence-electron chi connectivity index (χ4n) is 2.85. The molecule has 0 bridgehead atoms. The van der Waals surface area contributed by atoms with E-state index in [9.17, 15) is 8.42 Å². The van der Waals surface area contributed by atoms with Gasteiger partial charge in [-0.25, -0.2) is 4.98 Å². The van der Waals surface area contributed by atoms with Gasteiger partial charge in [0.15, 0.2) is 0 Å². The van der Waals surface area contributed by atoms with Crippen LogP contribution >= 0.6 is 0 Å². The van der Waals surface area contributed by atoms with Crippen molar-refractivity contribution < 1.29 is 8.42 Å². The molecule has 0 unspecified atom stereocenters. The van der Waals surface area contributed by atoms with Gasteiger partial charge in [0.25, 0.3) is 10.2 Å². The molecule has 0 aromatic carbocycles. The minimum atomic E-state index is -3.53. The average molecular weight is 325 g/mol. The van der Waals surface area contributed by atoms with Crippen molar-refractivity contribution >= 4 is 10.2 Å². The molecule has 2 rings (SSSR count). The Morgan fingerprint density at radius 2 is 2.32 bits per heavy atom. The van der Waals surface area contributed by atoms with Crippen molar-refractivity contribution in [1.82, 2.24) is 18.2 Å². The van der Waals surface area contributed by atoms with Crippen molar-refractivity contribution in [1.29, 1.82) is 5.26 Å². The molecular weight excluding hydrogens is 302 g/mol. The molecular formula is C14H23N5O2S. The maximum Gasteiger partial charge on any atom is 0.281 e. The van der Waals surface area contributed by atoms with Gasteiger partial charge in [0.1, 0.15) is 5.82 Å². The van der Waals surface area contributed by atoms with Crippen LogP contribution in [0.3, 0.4) is 0 Å². The lowest BCUT2D eigenvalue weighted by Gasteiger charge is -2.34. The molecule has 0 N–H and O–H groups in total. The Hall–Kier alpha value is -1.43. The van der Waals surface area contributed by atoms with E-state index in [1.807, 2.05) is 17.8 Å². The Kier molecular flexibility index (Phi) is 5.21. The molecule has 1 aliphatic rings. The van der Waals surface area contributed by atoms with E-state index < -0.39 is 10.2 Å². The van der Waals surface area contributed by atoms with E-state index in [0.29, 0.717) is 13.1 Å². The van der Waals surface area contributed by atoms with Crippen LogP contribution in [-0.4, -0.2) is 53.3 Å². The summed E-state index contributed by atoms with van der Waals surface area (Å²) in [4.78, 5) is 4.35. The number of rotatable bonds is 5. The summed E-state index contributed by atoms with van der Waals surface area (Å²) in [5.74, 6) is 0.716. The number of hydrogen-bond acceptors (Lipinski definition) is 4. The highest BCUT2D eigenvalue weighted by atomic mass is 32.2. The Balaban J connectivity index is 2.11. The van der Waals surface area contributed by atoms with Gasteiger partial charge in [0, 0.05) is 52.0 Å². The lowest BCUT2D eigenvalue weighted by molar-refractivity contribution is 0.282. The summed E-state index contributed by atoms with van der Waals surface area (Å²) in [6.07, 6.45) is 5.38. The smallest absolute Gasteiger partial charge is 0.281 e. The molecule has 1 saturated heterocycles. The molecule has 8 heteroatoms. The second-order valence-corrected chi connectivity index (χ2v) is 7.95. The van der Waals surface area contributed by atoms with Crippen molar-refractivity contribution in [2.24, 2.45) is 13.0 Å². The molecule has 2 atom stereocenters. The van der Waals surface area contributed by atoms with Gasteiger partial charge < -0.3 is 4.57 Å². The maximum atomic E-state index is 12.7. The molecule has 0 spiro atoms. The van der Waals surface area contributed by atoms with Gasteiger partial charge >= 0.3 is 0 Å². The summed E-state index contributed by atoms with van der Waals surface area (Å²) in [7, 11) is -0.0632. The summed E-state index contributed by atoms with van der Waals surface area (Å²) < 4.78 is 30.0. The first-order valence-corrected chi connectivity index (χ1v) is 8.84. The topological polar surface area (TPSA) is 82.2 Å². The predicted molar refractivity (Wildman–Crippen MR) is 83.1 cm³/mol. The van der Waals surface area contributed by atoms with Gasteiger partial charge in [-0.3, -0.25) is 0 Å². The summed E-state index contributed by atoms with van der Waals surface area (Å²) in [5, 5.41) is 8.86. The van der Waals surface area contributed by atoms with Gasteiger partial charge in [-0.15, -0.1) is 0 Å². The number of aryl methyl sites for hydroxylation is 1. The van der Waals surface area contributed by atoms with Crippen molar-refractivity contribution in [3.8, 4) is 6.07 Å². The van der Waals surface area contributed by atoms with E-state index in [4.69, 9.17) is 5.26 Å². The van der Waals surface area contributed by atoms with Crippen LogP contribution in [-0.2, 0) is 17.3 Å². The molecule has 22 heavy (non-hydrogen) atoms. The molecule has 1 aromatic rings.